The molecule has 1 N–H and O–H groups in total. The predicted molar refractivity (Wildman–Crippen MR) is 101 cm³/mol. The van der Waals surface area contributed by atoms with Gasteiger partial charge in [0.2, 0.25) is 0 Å². The van der Waals surface area contributed by atoms with Crippen LogP contribution in [-0.2, 0) is 6.54 Å². The Labute approximate surface area is 151 Å². The number of carbonyl (C=O) groups is 1. The quantitative estimate of drug-likeness (QED) is 0.771. The largest absolute Gasteiger partial charge is 0.497 e. The molecule has 2 aromatic carbocycles. The number of aryl methyl sites for hydroxylation is 1. The number of nitrogens with zero attached hydrogens (tertiary/aromatic N) is 1. The van der Waals surface area contributed by atoms with Gasteiger partial charge in [0.15, 0.2) is 0 Å². The molecule has 3 rings (SSSR count). The Hall–Kier alpha value is -3.34. The minimum atomic E-state index is -0.393. The van der Waals surface area contributed by atoms with E-state index in [0.29, 0.717) is 6.54 Å². The van der Waals surface area contributed by atoms with Gasteiger partial charge in [-0.25, -0.2) is 0 Å². The predicted octanol–water partition coefficient (Wildman–Crippen LogP) is 3.08. The molecule has 1 aromatic heterocycles. The summed E-state index contributed by atoms with van der Waals surface area (Å²) in [6.07, 6.45) is 0. The molecule has 3 aromatic rings. The molecule has 5 heteroatoms. The summed E-state index contributed by atoms with van der Waals surface area (Å²) in [5.41, 5.74) is 2.22. The Morgan fingerprint density at radius 1 is 1.00 bits per heavy atom. The number of amides is 1. The molecule has 0 aliphatic heterocycles. The van der Waals surface area contributed by atoms with E-state index < -0.39 is 5.91 Å². The molecule has 132 valence electrons. The van der Waals surface area contributed by atoms with Gasteiger partial charge in [-0.05, 0) is 48.9 Å². The summed E-state index contributed by atoms with van der Waals surface area (Å²) in [5.74, 6) is 0.361. The first-order valence-corrected chi connectivity index (χ1v) is 8.29. The lowest BCUT2D eigenvalue weighted by Gasteiger charge is -2.12. The molecule has 0 bridgehead atoms. The van der Waals surface area contributed by atoms with Crippen molar-refractivity contribution in [2.75, 3.05) is 7.11 Å². The number of para-hydroxylation sites is 1. The molecule has 0 saturated heterocycles. The van der Waals surface area contributed by atoms with Crippen LogP contribution >= 0.6 is 0 Å². The smallest absolute Gasteiger partial charge is 0.268 e. The highest BCUT2D eigenvalue weighted by molar-refractivity contribution is 5.93. The van der Waals surface area contributed by atoms with Crippen LogP contribution in [0.4, 0.5) is 0 Å². The normalized spacial score (nSPS) is 10.4. The van der Waals surface area contributed by atoms with Crippen molar-refractivity contribution >= 4 is 5.91 Å². The van der Waals surface area contributed by atoms with Crippen molar-refractivity contribution in [1.82, 2.24) is 9.88 Å². The number of hydrogen-bond acceptors (Lipinski definition) is 3. The summed E-state index contributed by atoms with van der Waals surface area (Å²) in [6, 6.07) is 20.0. The van der Waals surface area contributed by atoms with Crippen LogP contribution in [-0.4, -0.2) is 17.6 Å². The highest BCUT2D eigenvalue weighted by Gasteiger charge is 2.14. The van der Waals surface area contributed by atoms with Crippen molar-refractivity contribution in [3.8, 4) is 11.4 Å². The van der Waals surface area contributed by atoms with Gasteiger partial charge in [0.25, 0.3) is 11.5 Å². The van der Waals surface area contributed by atoms with E-state index in [1.165, 1.54) is 0 Å². The van der Waals surface area contributed by atoms with E-state index in [2.05, 4.69) is 5.32 Å². The molecule has 5 nitrogen and oxygen atoms in total. The van der Waals surface area contributed by atoms with Gasteiger partial charge in [-0.1, -0.05) is 30.3 Å². The fourth-order valence-corrected chi connectivity index (χ4v) is 2.72. The van der Waals surface area contributed by atoms with E-state index in [1.54, 1.807) is 23.8 Å². The monoisotopic (exact) mass is 348 g/mol. The van der Waals surface area contributed by atoms with Gasteiger partial charge >= 0.3 is 0 Å². The van der Waals surface area contributed by atoms with Crippen LogP contribution in [0.3, 0.4) is 0 Å². The molecule has 0 radical (unpaired) electrons. The minimum Gasteiger partial charge on any atom is -0.497 e. The molecular formula is C21H20N2O3. The molecule has 0 atom stereocenters. The fraction of sp³-hybridized carbons (Fsp3) is 0.143. The third kappa shape index (κ3) is 3.67. The van der Waals surface area contributed by atoms with Gasteiger partial charge in [0.1, 0.15) is 11.3 Å². The molecule has 0 aliphatic carbocycles. The average molecular weight is 348 g/mol. The maximum Gasteiger partial charge on any atom is 0.268 e. The van der Waals surface area contributed by atoms with E-state index in [0.717, 1.165) is 22.7 Å². The molecular weight excluding hydrogens is 328 g/mol. The minimum absolute atomic E-state index is 0.118. The first kappa shape index (κ1) is 17.5. The van der Waals surface area contributed by atoms with Gasteiger partial charge in [-0.3, -0.25) is 14.2 Å². The Morgan fingerprint density at radius 3 is 2.35 bits per heavy atom. The molecule has 0 saturated carbocycles. The van der Waals surface area contributed by atoms with Gasteiger partial charge in [0.05, 0.1) is 7.11 Å². The summed E-state index contributed by atoms with van der Waals surface area (Å²) in [6.45, 7) is 2.18. The van der Waals surface area contributed by atoms with Gasteiger partial charge in [0, 0.05) is 17.9 Å². The molecule has 0 spiro atoms. The fourth-order valence-electron chi connectivity index (χ4n) is 2.72. The second-order valence-electron chi connectivity index (χ2n) is 5.90. The molecule has 0 fully saturated rings. The molecule has 26 heavy (non-hydrogen) atoms. The number of carbonyl (C=O) groups excluding carboxylic acids is 1. The lowest BCUT2D eigenvalue weighted by Crippen LogP contribution is -2.33. The van der Waals surface area contributed by atoms with Crippen molar-refractivity contribution in [3.05, 3.63) is 93.9 Å². The van der Waals surface area contributed by atoms with Crippen LogP contribution in [0.5, 0.6) is 5.75 Å². The first-order chi connectivity index (χ1) is 12.6. The lowest BCUT2D eigenvalue weighted by atomic mass is 10.2. The summed E-state index contributed by atoms with van der Waals surface area (Å²) in [4.78, 5) is 25.3. The molecule has 0 unspecified atom stereocenters. The highest BCUT2D eigenvalue weighted by atomic mass is 16.5. The maximum absolute atomic E-state index is 12.8. The van der Waals surface area contributed by atoms with E-state index in [4.69, 9.17) is 4.74 Å². The van der Waals surface area contributed by atoms with E-state index in [-0.39, 0.29) is 11.1 Å². The van der Waals surface area contributed by atoms with E-state index in [9.17, 15) is 9.59 Å². The zero-order chi connectivity index (χ0) is 18.5. The van der Waals surface area contributed by atoms with Crippen molar-refractivity contribution in [2.45, 2.75) is 13.5 Å². The van der Waals surface area contributed by atoms with Crippen molar-refractivity contribution in [3.63, 3.8) is 0 Å². The number of hydrogen-bond donors (Lipinski definition) is 1. The van der Waals surface area contributed by atoms with E-state index >= 15 is 0 Å². The van der Waals surface area contributed by atoms with Crippen LogP contribution in [0, 0.1) is 6.92 Å². The number of aromatic nitrogens is 1. The van der Waals surface area contributed by atoms with Crippen LogP contribution in [0.1, 0.15) is 21.6 Å². The molecule has 0 aliphatic rings. The number of pyridine rings is 1. The Kier molecular flexibility index (Phi) is 5.17. The van der Waals surface area contributed by atoms with Crippen LogP contribution < -0.4 is 15.6 Å². The second kappa shape index (κ2) is 7.70. The standard InChI is InChI=1S/C21H20N2O3/c1-15-8-13-19(21(25)23(15)17-6-4-3-5-7-17)20(24)22-14-16-9-11-18(26-2)12-10-16/h3-13H,14H2,1-2H3,(H,22,24). The van der Waals surface area contributed by atoms with Crippen LogP contribution in [0.25, 0.3) is 5.69 Å². The average Bonchev–Trinajstić information content (AvgIpc) is 2.67. The maximum atomic E-state index is 12.8. The summed E-state index contributed by atoms with van der Waals surface area (Å²) in [7, 11) is 1.60. The SMILES string of the molecule is COc1ccc(CNC(=O)c2ccc(C)n(-c3ccccc3)c2=O)cc1. The van der Waals surface area contributed by atoms with Crippen LogP contribution in [0.15, 0.2) is 71.5 Å². The number of ether oxygens (including phenoxy) is 1. The topological polar surface area (TPSA) is 60.3 Å². The molecule has 1 heterocycles. The lowest BCUT2D eigenvalue weighted by molar-refractivity contribution is 0.0949. The number of nitrogens with one attached hydrogen (secondary N) is 1. The van der Waals surface area contributed by atoms with Crippen molar-refractivity contribution < 1.29 is 9.53 Å². The second-order valence-corrected chi connectivity index (χ2v) is 5.90. The van der Waals surface area contributed by atoms with Crippen molar-refractivity contribution in [1.29, 1.82) is 0 Å². The van der Waals surface area contributed by atoms with E-state index in [1.807, 2.05) is 61.5 Å². The summed E-state index contributed by atoms with van der Waals surface area (Å²) in [5, 5.41) is 2.80. The van der Waals surface area contributed by atoms with Crippen LogP contribution in [0.2, 0.25) is 0 Å². The molecule has 1 amide bonds. The van der Waals surface area contributed by atoms with Gasteiger partial charge in [-0.2, -0.15) is 0 Å². The zero-order valence-electron chi connectivity index (χ0n) is 14.7. The Bertz CT molecular complexity index is 961. The third-order valence-electron chi connectivity index (χ3n) is 4.15. The third-order valence-corrected chi connectivity index (χ3v) is 4.15. The Morgan fingerprint density at radius 2 is 1.69 bits per heavy atom. The summed E-state index contributed by atoms with van der Waals surface area (Å²) >= 11 is 0. The zero-order valence-corrected chi connectivity index (χ0v) is 14.7. The summed E-state index contributed by atoms with van der Waals surface area (Å²) < 4.78 is 6.66. The van der Waals surface area contributed by atoms with Gasteiger partial charge < -0.3 is 10.1 Å². The number of benzene rings is 2. The number of rotatable bonds is 5. The number of methoxy groups -OCH3 is 1. The van der Waals surface area contributed by atoms with Gasteiger partial charge in [-0.15, -0.1) is 0 Å². The van der Waals surface area contributed by atoms with Crippen molar-refractivity contribution in [2.24, 2.45) is 0 Å². The Balaban J connectivity index is 1.82. The first-order valence-electron chi connectivity index (χ1n) is 8.29. The highest BCUT2D eigenvalue weighted by Crippen LogP contribution is 2.12.